The molecule has 3 rings (SSSR count). The van der Waals surface area contributed by atoms with Gasteiger partial charge in [0.15, 0.2) is 0 Å². The zero-order valence-corrected chi connectivity index (χ0v) is 16.8. The number of hydrogen-bond acceptors (Lipinski definition) is 7. The van der Waals surface area contributed by atoms with Crippen LogP contribution in [0.5, 0.6) is 0 Å². The predicted octanol–water partition coefficient (Wildman–Crippen LogP) is 2.51. The van der Waals surface area contributed by atoms with Gasteiger partial charge in [-0.3, -0.25) is 4.79 Å². The lowest BCUT2D eigenvalue weighted by Crippen LogP contribution is -2.41. The number of halogens is 3. The molecule has 0 unspecified atom stereocenters. The largest absolute Gasteiger partial charge is 0.416 e. The van der Waals surface area contributed by atoms with E-state index < -0.39 is 11.7 Å². The highest BCUT2D eigenvalue weighted by Crippen LogP contribution is 2.32. The maximum Gasteiger partial charge on any atom is 0.416 e. The summed E-state index contributed by atoms with van der Waals surface area (Å²) in [5.41, 5.74) is -0.671. The summed E-state index contributed by atoms with van der Waals surface area (Å²) in [6, 6.07) is 5.27. The van der Waals surface area contributed by atoms with Crippen molar-refractivity contribution in [2.75, 3.05) is 42.7 Å². The number of aromatic nitrogens is 3. The first-order valence-corrected chi connectivity index (χ1v) is 9.61. The highest BCUT2D eigenvalue weighted by Gasteiger charge is 2.33. The molecular weight excluding hydrogens is 399 g/mol. The van der Waals surface area contributed by atoms with Crippen LogP contribution in [0.15, 0.2) is 24.3 Å². The van der Waals surface area contributed by atoms with Crippen LogP contribution in [0.4, 0.5) is 31.0 Å². The zero-order valence-electron chi connectivity index (χ0n) is 16.8. The van der Waals surface area contributed by atoms with Gasteiger partial charge in [-0.25, -0.2) is 0 Å². The van der Waals surface area contributed by atoms with Gasteiger partial charge >= 0.3 is 6.18 Å². The molecule has 1 aliphatic heterocycles. The summed E-state index contributed by atoms with van der Waals surface area (Å²) in [6.45, 7) is 0.973. The number of benzene rings is 1. The number of rotatable bonds is 6. The molecule has 1 amide bonds. The van der Waals surface area contributed by atoms with E-state index in [4.69, 9.17) is 0 Å². The minimum Gasteiger partial charge on any atom is -0.357 e. The number of hydrogen-bond donors (Lipinski definition) is 3. The molecule has 1 saturated heterocycles. The van der Waals surface area contributed by atoms with Crippen LogP contribution in [-0.4, -0.2) is 48.0 Å². The average Bonchev–Trinajstić information content (AvgIpc) is 2.76. The van der Waals surface area contributed by atoms with Crippen molar-refractivity contribution in [3.8, 4) is 0 Å². The van der Waals surface area contributed by atoms with Crippen LogP contribution in [0.2, 0.25) is 0 Å². The standard InChI is InChI=1S/C19H24F3N7O/c1-23-16-26-17(24-2)28-18(27-16)29-9-7-12(8-10-29)15(30)25-11-13-5-3-4-6-14(13)19(20,21)22/h3-6,12H,7-11H2,1-2H3,(H,25,30)(H2,23,24,26,27,28). The zero-order chi connectivity index (χ0) is 21.7. The quantitative estimate of drug-likeness (QED) is 0.657. The monoisotopic (exact) mass is 423 g/mol. The van der Waals surface area contributed by atoms with Crippen molar-refractivity contribution in [1.82, 2.24) is 20.3 Å². The molecule has 0 atom stereocenters. The number of amides is 1. The normalized spacial score (nSPS) is 15.0. The third-order valence-electron chi connectivity index (χ3n) is 5.00. The van der Waals surface area contributed by atoms with E-state index in [1.54, 1.807) is 14.1 Å². The van der Waals surface area contributed by atoms with Gasteiger partial charge in [0, 0.05) is 39.6 Å². The SMILES string of the molecule is CNc1nc(NC)nc(N2CCC(C(=O)NCc3ccccc3C(F)(F)F)CC2)n1. The molecule has 0 saturated carbocycles. The summed E-state index contributed by atoms with van der Waals surface area (Å²) in [5, 5.41) is 8.42. The van der Waals surface area contributed by atoms with Crippen molar-refractivity contribution in [2.24, 2.45) is 5.92 Å². The van der Waals surface area contributed by atoms with Crippen molar-refractivity contribution in [3.05, 3.63) is 35.4 Å². The van der Waals surface area contributed by atoms with E-state index in [9.17, 15) is 18.0 Å². The van der Waals surface area contributed by atoms with Crippen LogP contribution < -0.4 is 20.9 Å². The maximum atomic E-state index is 13.1. The molecule has 0 radical (unpaired) electrons. The van der Waals surface area contributed by atoms with Gasteiger partial charge in [-0.2, -0.15) is 28.1 Å². The van der Waals surface area contributed by atoms with Gasteiger partial charge in [-0.1, -0.05) is 18.2 Å². The number of carbonyl (C=O) groups is 1. The molecular formula is C19H24F3N7O. The van der Waals surface area contributed by atoms with Crippen LogP contribution in [0.25, 0.3) is 0 Å². The lowest BCUT2D eigenvalue weighted by molar-refractivity contribution is -0.138. The Morgan fingerprint density at radius 2 is 1.67 bits per heavy atom. The molecule has 8 nitrogen and oxygen atoms in total. The lowest BCUT2D eigenvalue weighted by Gasteiger charge is -2.31. The first-order chi connectivity index (χ1) is 14.3. The van der Waals surface area contributed by atoms with E-state index in [1.165, 1.54) is 18.2 Å². The van der Waals surface area contributed by atoms with Crippen LogP contribution >= 0.6 is 0 Å². The third-order valence-corrected chi connectivity index (χ3v) is 5.00. The van der Waals surface area contributed by atoms with E-state index in [0.717, 1.165) is 6.07 Å². The van der Waals surface area contributed by atoms with Crippen LogP contribution in [-0.2, 0) is 17.5 Å². The summed E-state index contributed by atoms with van der Waals surface area (Å²) >= 11 is 0. The molecule has 1 fully saturated rings. The number of nitrogens with zero attached hydrogens (tertiary/aromatic N) is 4. The Hall–Kier alpha value is -3.11. The van der Waals surface area contributed by atoms with Crippen molar-refractivity contribution in [2.45, 2.75) is 25.6 Å². The van der Waals surface area contributed by atoms with Gasteiger partial charge in [0.05, 0.1) is 5.56 Å². The number of piperidine rings is 1. The Kier molecular flexibility index (Phi) is 6.58. The fourth-order valence-electron chi connectivity index (χ4n) is 3.35. The molecule has 1 aliphatic rings. The van der Waals surface area contributed by atoms with Crippen molar-refractivity contribution < 1.29 is 18.0 Å². The highest BCUT2D eigenvalue weighted by atomic mass is 19.4. The van der Waals surface area contributed by atoms with Gasteiger partial charge in [0.1, 0.15) is 0 Å². The third kappa shape index (κ3) is 5.08. The molecule has 30 heavy (non-hydrogen) atoms. The van der Waals surface area contributed by atoms with Crippen molar-refractivity contribution >= 4 is 23.8 Å². The lowest BCUT2D eigenvalue weighted by atomic mass is 9.96. The van der Waals surface area contributed by atoms with Gasteiger partial charge in [0.25, 0.3) is 0 Å². The molecule has 11 heteroatoms. The van der Waals surface area contributed by atoms with Crippen molar-refractivity contribution in [3.63, 3.8) is 0 Å². The smallest absolute Gasteiger partial charge is 0.357 e. The fraction of sp³-hybridized carbons (Fsp3) is 0.474. The molecule has 1 aromatic heterocycles. The van der Waals surface area contributed by atoms with Crippen molar-refractivity contribution in [1.29, 1.82) is 0 Å². The van der Waals surface area contributed by atoms with Gasteiger partial charge in [-0.05, 0) is 24.5 Å². The minimum atomic E-state index is -4.45. The molecule has 2 heterocycles. The Morgan fingerprint density at radius 3 is 2.23 bits per heavy atom. The number of alkyl halides is 3. The summed E-state index contributed by atoms with van der Waals surface area (Å²) < 4.78 is 39.3. The summed E-state index contributed by atoms with van der Waals surface area (Å²) in [4.78, 5) is 27.3. The Bertz CT molecular complexity index is 860. The maximum absolute atomic E-state index is 13.1. The van der Waals surface area contributed by atoms with E-state index >= 15 is 0 Å². The second kappa shape index (κ2) is 9.14. The molecule has 0 spiro atoms. The predicted molar refractivity (Wildman–Crippen MR) is 107 cm³/mol. The average molecular weight is 423 g/mol. The Balaban J connectivity index is 1.58. The molecule has 0 aliphatic carbocycles. The molecule has 3 N–H and O–H groups in total. The van der Waals surface area contributed by atoms with E-state index in [0.29, 0.717) is 43.8 Å². The second-order valence-electron chi connectivity index (χ2n) is 6.92. The van der Waals surface area contributed by atoms with Gasteiger partial charge in [-0.15, -0.1) is 0 Å². The molecule has 1 aromatic carbocycles. The highest BCUT2D eigenvalue weighted by molar-refractivity contribution is 5.79. The van der Waals surface area contributed by atoms with E-state index in [1.807, 2.05) is 4.90 Å². The molecule has 162 valence electrons. The first kappa shape index (κ1) is 21.6. The number of anilines is 3. The van der Waals surface area contributed by atoms with Crippen LogP contribution in [0, 0.1) is 5.92 Å². The summed E-state index contributed by atoms with van der Waals surface area (Å²) in [5.74, 6) is 0.875. The topological polar surface area (TPSA) is 95.1 Å². The Labute approximate surface area is 172 Å². The summed E-state index contributed by atoms with van der Waals surface area (Å²) in [6.07, 6.45) is -3.33. The first-order valence-electron chi connectivity index (χ1n) is 9.61. The molecule has 0 bridgehead atoms. The number of nitrogens with one attached hydrogen (secondary N) is 3. The van der Waals surface area contributed by atoms with E-state index in [2.05, 4.69) is 30.9 Å². The van der Waals surface area contributed by atoms with Gasteiger partial charge < -0.3 is 20.9 Å². The van der Waals surface area contributed by atoms with Crippen LogP contribution in [0.3, 0.4) is 0 Å². The second-order valence-corrected chi connectivity index (χ2v) is 6.92. The number of carbonyl (C=O) groups excluding carboxylic acids is 1. The van der Waals surface area contributed by atoms with Crippen LogP contribution in [0.1, 0.15) is 24.0 Å². The Morgan fingerprint density at radius 1 is 1.07 bits per heavy atom. The molecule has 2 aromatic rings. The summed E-state index contributed by atoms with van der Waals surface area (Å²) in [7, 11) is 3.43. The fourth-order valence-corrected chi connectivity index (χ4v) is 3.35. The van der Waals surface area contributed by atoms with E-state index in [-0.39, 0.29) is 23.9 Å². The van der Waals surface area contributed by atoms with Gasteiger partial charge in [0.2, 0.25) is 23.8 Å². The minimum absolute atomic E-state index is 0.0557.